The number of amides is 2. The second kappa shape index (κ2) is 9.66. The van der Waals surface area contributed by atoms with Gasteiger partial charge in [0, 0.05) is 30.4 Å². The summed E-state index contributed by atoms with van der Waals surface area (Å²) in [5, 5.41) is 13.0. The molecule has 2 aliphatic heterocycles. The lowest BCUT2D eigenvalue weighted by Crippen LogP contribution is -2.55. The van der Waals surface area contributed by atoms with Gasteiger partial charge in [0.15, 0.2) is 6.10 Å². The van der Waals surface area contributed by atoms with Gasteiger partial charge in [-0.25, -0.2) is 9.18 Å². The fraction of sp³-hybridized carbons (Fsp3) is 0.520. The highest BCUT2D eigenvalue weighted by Gasteiger charge is 2.40. The van der Waals surface area contributed by atoms with Crippen molar-refractivity contribution in [1.82, 2.24) is 15.2 Å². The molecule has 0 bridgehead atoms. The van der Waals surface area contributed by atoms with Crippen LogP contribution >= 0.6 is 0 Å². The fourth-order valence-corrected chi connectivity index (χ4v) is 4.47. The van der Waals surface area contributed by atoms with Crippen molar-refractivity contribution in [1.29, 1.82) is 5.26 Å². The van der Waals surface area contributed by atoms with Crippen LogP contribution in [0.15, 0.2) is 30.5 Å². The summed E-state index contributed by atoms with van der Waals surface area (Å²) in [6.45, 7) is 7.79. The Hall–Kier alpha value is -3.45. The molecule has 9 nitrogen and oxygen atoms in total. The summed E-state index contributed by atoms with van der Waals surface area (Å²) in [5.41, 5.74) is 1.23. The van der Waals surface area contributed by atoms with Crippen LogP contribution < -0.4 is 10.2 Å². The van der Waals surface area contributed by atoms with E-state index < -0.39 is 35.9 Å². The molecule has 186 valence electrons. The lowest BCUT2D eigenvalue weighted by molar-refractivity contribution is -0.138. The second-order valence-electron chi connectivity index (χ2n) is 10.0. The van der Waals surface area contributed by atoms with Crippen LogP contribution in [0.4, 0.5) is 14.9 Å². The first-order valence-corrected chi connectivity index (χ1v) is 11.7. The molecule has 3 heterocycles. The van der Waals surface area contributed by atoms with Crippen LogP contribution in [0.5, 0.6) is 0 Å². The molecule has 2 saturated heterocycles. The monoisotopic (exact) mass is 483 g/mol. The molecule has 10 heteroatoms. The normalized spacial score (nSPS) is 24.8. The van der Waals surface area contributed by atoms with Gasteiger partial charge >= 0.3 is 6.09 Å². The van der Waals surface area contributed by atoms with Crippen LogP contribution in [-0.4, -0.2) is 78.1 Å². The number of anilines is 1. The Morgan fingerprint density at radius 2 is 2.00 bits per heavy atom. The van der Waals surface area contributed by atoms with Gasteiger partial charge in [0.1, 0.15) is 17.8 Å². The van der Waals surface area contributed by atoms with Crippen molar-refractivity contribution in [2.24, 2.45) is 0 Å². The van der Waals surface area contributed by atoms with Crippen LogP contribution in [0.2, 0.25) is 0 Å². The number of hydrogen-bond acceptors (Lipinski definition) is 7. The predicted octanol–water partition coefficient (Wildman–Crippen LogP) is 2.77. The van der Waals surface area contributed by atoms with Crippen LogP contribution in [-0.2, 0) is 14.3 Å². The number of fused-ring (bicyclic) bond motifs is 1. The maximum absolute atomic E-state index is 14.7. The molecule has 2 fully saturated rings. The van der Waals surface area contributed by atoms with Crippen molar-refractivity contribution < 1.29 is 23.5 Å². The first-order chi connectivity index (χ1) is 16.6. The summed E-state index contributed by atoms with van der Waals surface area (Å²) in [5.74, 6) is -0.434. The van der Waals surface area contributed by atoms with Crippen LogP contribution in [0.1, 0.15) is 33.3 Å². The Balaban J connectivity index is 1.46. The molecule has 1 aromatic carbocycles. The van der Waals surface area contributed by atoms with E-state index in [9.17, 15) is 19.2 Å². The smallest absolute Gasteiger partial charge is 0.410 e. The second-order valence-corrected chi connectivity index (χ2v) is 10.0. The number of nitrogens with one attached hydrogen (secondary N) is 1. The number of nitriles is 1. The maximum atomic E-state index is 14.7. The van der Waals surface area contributed by atoms with Crippen LogP contribution in [0.25, 0.3) is 10.9 Å². The first kappa shape index (κ1) is 24.7. The Kier molecular flexibility index (Phi) is 6.81. The molecule has 0 spiro atoms. The van der Waals surface area contributed by atoms with Crippen molar-refractivity contribution in [3.05, 3.63) is 36.0 Å². The highest BCUT2D eigenvalue weighted by atomic mass is 19.1. The Bertz CT molecular complexity index is 1160. The third-order valence-electron chi connectivity index (χ3n) is 5.99. The van der Waals surface area contributed by atoms with Gasteiger partial charge in [-0.15, -0.1) is 0 Å². The SMILES string of the molecule is C[C@@H]1CN(c2ccc(C#N)c3ncccc23)CC(C(=O)NC2CN(C(=O)OC(C)(C)C)C[C@@H]2F)O1. The number of alkyl halides is 1. The number of rotatable bonds is 3. The van der Waals surface area contributed by atoms with Gasteiger partial charge in [-0.05, 0) is 52.0 Å². The number of benzene rings is 1. The molecule has 1 aromatic heterocycles. The van der Waals surface area contributed by atoms with Gasteiger partial charge in [0.05, 0.1) is 36.3 Å². The summed E-state index contributed by atoms with van der Waals surface area (Å²) in [6.07, 6.45) is -1.46. The van der Waals surface area contributed by atoms with E-state index in [4.69, 9.17) is 9.47 Å². The highest BCUT2D eigenvalue weighted by molar-refractivity contribution is 5.95. The lowest BCUT2D eigenvalue weighted by Gasteiger charge is -2.38. The Morgan fingerprint density at radius 3 is 2.71 bits per heavy atom. The van der Waals surface area contributed by atoms with E-state index in [-0.39, 0.29) is 25.7 Å². The number of ether oxygens (including phenoxy) is 2. The van der Waals surface area contributed by atoms with E-state index in [1.165, 1.54) is 4.90 Å². The van der Waals surface area contributed by atoms with Crippen LogP contribution in [0.3, 0.4) is 0 Å². The molecule has 1 N–H and O–H groups in total. The van der Waals surface area contributed by atoms with Crippen molar-refractivity contribution in [3.63, 3.8) is 0 Å². The summed E-state index contributed by atoms with van der Waals surface area (Å²) >= 11 is 0. The quantitative estimate of drug-likeness (QED) is 0.715. The molecular weight excluding hydrogens is 453 g/mol. The van der Waals surface area contributed by atoms with Crippen molar-refractivity contribution in [3.8, 4) is 6.07 Å². The maximum Gasteiger partial charge on any atom is 0.410 e. The first-order valence-electron chi connectivity index (χ1n) is 11.7. The van der Waals surface area contributed by atoms with Gasteiger partial charge in [-0.3, -0.25) is 9.78 Å². The average Bonchev–Trinajstić information content (AvgIpc) is 3.17. The van der Waals surface area contributed by atoms with Crippen molar-refractivity contribution in [2.75, 3.05) is 31.1 Å². The number of carbonyl (C=O) groups is 2. The number of pyridine rings is 1. The summed E-state index contributed by atoms with van der Waals surface area (Å²) in [4.78, 5) is 33.0. The Morgan fingerprint density at radius 1 is 1.23 bits per heavy atom. The lowest BCUT2D eigenvalue weighted by atomic mass is 10.1. The molecule has 4 atom stereocenters. The molecule has 4 rings (SSSR count). The van der Waals surface area contributed by atoms with Gasteiger partial charge in [0.2, 0.25) is 0 Å². The average molecular weight is 484 g/mol. The standard InChI is InChI=1S/C25H30FN5O4/c1-15-11-30(20-8-7-16(10-27)22-17(20)6-5-9-28-22)14-21(34-15)23(32)29-19-13-31(12-18(19)26)24(33)35-25(2,3)4/h5-9,15,18-19,21H,11-14H2,1-4H3,(H,29,32)/t15-,18+,19?,21?/m1/s1. The van der Waals surface area contributed by atoms with Crippen LogP contribution in [0, 0.1) is 11.3 Å². The molecule has 0 aliphatic carbocycles. The van der Waals surface area contributed by atoms with Gasteiger partial charge in [0.25, 0.3) is 5.91 Å². The van der Waals surface area contributed by atoms with E-state index in [1.807, 2.05) is 24.0 Å². The van der Waals surface area contributed by atoms with Gasteiger partial charge < -0.3 is 24.6 Å². The fourth-order valence-electron chi connectivity index (χ4n) is 4.47. The topological polar surface area (TPSA) is 108 Å². The summed E-state index contributed by atoms with van der Waals surface area (Å²) in [7, 11) is 0. The molecule has 2 aromatic rings. The summed E-state index contributed by atoms with van der Waals surface area (Å²) in [6, 6.07) is 8.59. The van der Waals surface area contributed by atoms with E-state index in [1.54, 1.807) is 39.1 Å². The minimum Gasteiger partial charge on any atom is -0.444 e. The van der Waals surface area contributed by atoms with E-state index in [2.05, 4.69) is 16.4 Å². The third-order valence-corrected chi connectivity index (χ3v) is 5.99. The minimum absolute atomic E-state index is 0.0275. The number of morpholine rings is 1. The predicted molar refractivity (Wildman–Crippen MR) is 128 cm³/mol. The van der Waals surface area contributed by atoms with Gasteiger partial charge in [-0.1, -0.05) is 0 Å². The van der Waals surface area contributed by atoms with E-state index in [0.717, 1.165) is 11.1 Å². The zero-order chi connectivity index (χ0) is 25.3. The zero-order valence-electron chi connectivity index (χ0n) is 20.3. The third kappa shape index (κ3) is 5.46. The number of halogens is 1. The number of carbonyl (C=O) groups excluding carboxylic acids is 2. The van der Waals surface area contributed by atoms with Gasteiger partial charge in [-0.2, -0.15) is 5.26 Å². The molecular formula is C25H30FN5O4. The number of aromatic nitrogens is 1. The molecule has 35 heavy (non-hydrogen) atoms. The van der Waals surface area contributed by atoms with Crippen molar-refractivity contribution >= 4 is 28.6 Å². The number of nitrogens with zero attached hydrogens (tertiary/aromatic N) is 4. The van der Waals surface area contributed by atoms with E-state index >= 15 is 0 Å². The Labute approximate surface area is 203 Å². The van der Waals surface area contributed by atoms with Crippen molar-refractivity contribution in [2.45, 2.75) is 57.7 Å². The number of hydrogen-bond donors (Lipinski definition) is 1. The highest BCUT2D eigenvalue weighted by Crippen LogP contribution is 2.30. The molecule has 2 amide bonds. The molecule has 2 unspecified atom stereocenters. The molecule has 0 radical (unpaired) electrons. The van der Waals surface area contributed by atoms with E-state index in [0.29, 0.717) is 17.6 Å². The zero-order valence-corrected chi connectivity index (χ0v) is 20.3. The summed E-state index contributed by atoms with van der Waals surface area (Å²) < 4.78 is 25.9. The largest absolute Gasteiger partial charge is 0.444 e. The molecule has 2 aliphatic rings. The minimum atomic E-state index is -1.41. The number of likely N-dealkylation sites (tertiary alicyclic amines) is 1. The molecule has 0 saturated carbocycles.